The molecule has 10 heteroatoms. The van der Waals surface area contributed by atoms with Crippen LogP contribution in [0.2, 0.25) is 0 Å². The van der Waals surface area contributed by atoms with Gasteiger partial charge in [0.2, 0.25) is 11.8 Å². The summed E-state index contributed by atoms with van der Waals surface area (Å²) >= 11 is 1.38. The highest BCUT2D eigenvalue weighted by Gasteiger charge is 2.66. The van der Waals surface area contributed by atoms with Crippen LogP contribution in [-0.4, -0.2) is 80.5 Å². The minimum Gasteiger partial charge on any atom is -0.459 e. The summed E-state index contributed by atoms with van der Waals surface area (Å²) in [6, 6.07) is 7.82. The number of β-lactam (4-membered cyclic amide) rings is 1. The number of fused-ring (bicyclic) bond motifs is 1. The number of hydrogen-bond donors (Lipinski definition) is 2. The van der Waals surface area contributed by atoms with Crippen molar-refractivity contribution in [3.63, 3.8) is 0 Å². The number of nitrogens with one attached hydrogen (secondary N) is 1. The minimum atomic E-state index is -1.56. The van der Waals surface area contributed by atoms with Crippen LogP contribution in [-0.2, 0) is 30.5 Å². The van der Waals surface area contributed by atoms with Crippen molar-refractivity contribution in [2.75, 3.05) is 13.6 Å². The van der Waals surface area contributed by atoms with E-state index < -0.39 is 52.0 Å². The monoisotopic (exact) mass is 475 g/mol. The Morgan fingerprint density at radius 2 is 1.97 bits per heavy atom. The number of nitrogens with zero attached hydrogens (tertiary/aromatic N) is 2. The number of hydrogen-bond acceptors (Lipinski definition) is 7. The first-order valence-corrected chi connectivity index (χ1v) is 12.0. The number of amides is 3. The van der Waals surface area contributed by atoms with Crippen molar-refractivity contribution in [2.45, 2.75) is 61.6 Å². The van der Waals surface area contributed by atoms with Gasteiger partial charge in [-0.25, -0.2) is 4.79 Å². The number of likely N-dealkylation sites (tertiary alicyclic amines) is 1. The predicted molar refractivity (Wildman–Crippen MR) is 121 cm³/mol. The van der Waals surface area contributed by atoms with E-state index in [1.165, 1.54) is 28.6 Å². The number of carbonyl (C=O) groups excluding carboxylic acids is 4. The van der Waals surface area contributed by atoms with Gasteiger partial charge in [-0.15, -0.1) is 11.8 Å². The van der Waals surface area contributed by atoms with Gasteiger partial charge in [0.25, 0.3) is 5.91 Å². The van der Waals surface area contributed by atoms with Crippen molar-refractivity contribution < 1.29 is 29.0 Å². The molecule has 0 unspecified atom stereocenters. The SMILES string of the molecule is CNC(=O)[C@@H]1CCCN1C(=O)[C@@H](O)[C@@H]1C(=O)N2[C@@H]1SC(C)(C)[C@@H]2C(=O)OCc1ccccc1. The Labute approximate surface area is 196 Å². The third-order valence-corrected chi connectivity index (χ3v) is 8.20. The maximum atomic E-state index is 13.0. The maximum Gasteiger partial charge on any atom is 0.330 e. The normalized spacial score (nSPS) is 28.7. The quantitative estimate of drug-likeness (QED) is 0.455. The second-order valence-corrected chi connectivity index (χ2v) is 10.9. The Hall–Kier alpha value is -2.59. The molecule has 0 spiro atoms. The standard InChI is InChI=1S/C23H29N3O6S/c1-23(2)17(22(31)32-12-13-8-5-4-6-9-13)26-19(29)15(21(26)33-23)16(27)20(30)25-11-7-10-14(25)18(28)24-3/h4-6,8-9,14-17,21,27H,7,10-12H2,1-3H3,(H,24,28)/t14-,15+,16-,17-,21+/m0/s1. The number of thioether (sulfide) groups is 1. The summed E-state index contributed by atoms with van der Waals surface area (Å²) in [6.45, 7) is 4.16. The smallest absolute Gasteiger partial charge is 0.330 e. The van der Waals surface area contributed by atoms with Gasteiger partial charge in [-0.1, -0.05) is 30.3 Å². The molecule has 33 heavy (non-hydrogen) atoms. The first kappa shape index (κ1) is 23.6. The molecule has 3 saturated heterocycles. The molecule has 5 atom stereocenters. The Morgan fingerprint density at radius 1 is 1.27 bits per heavy atom. The summed E-state index contributed by atoms with van der Waals surface area (Å²) in [7, 11) is 1.50. The molecule has 2 N–H and O–H groups in total. The zero-order chi connectivity index (χ0) is 23.9. The average molecular weight is 476 g/mol. The van der Waals surface area contributed by atoms with Crippen LogP contribution < -0.4 is 5.32 Å². The topological polar surface area (TPSA) is 116 Å². The molecule has 1 aromatic carbocycles. The van der Waals surface area contributed by atoms with E-state index >= 15 is 0 Å². The number of aliphatic hydroxyl groups excluding tert-OH is 1. The van der Waals surface area contributed by atoms with Crippen molar-refractivity contribution in [3.8, 4) is 0 Å². The van der Waals surface area contributed by atoms with E-state index in [-0.39, 0.29) is 12.5 Å². The first-order valence-electron chi connectivity index (χ1n) is 11.1. The molecule has 3 heterocycles. The van der Waals surface area contributed by atoms with E-state index in [0.717, 1.165) is 5.56 Å². The predicted octanol–water partition coefficient (Wildman–Crippen LogP) is 0.506. The summed E-state index contributed by atoms with van der Waals surface area (Å²) in [5.41, 5.74) is 0.843. The lowest BCUT2D eigenvalue weighted by atomic mass is 9.87. The number of ether oxygens (including phenoxy) is 1. The zero-order valence-electron chi connectivity index (χ0n) is 18.9. The molecule has 0 aliphatic carbocycles. The number of rotatable bonds is 6. The first-order chi connectivity index (χ1) is 15.7. The molecule has 0 aromatic heterocycles. The van der Waals surface area contributed by atoms with Crippen molar-refractivity contribution in [1.82, 2.24) is 15.1 Å². The molecule has 3 fully saturated rings. The fourth-order valence-electron chi connectivity index (χ4n) is 4.91. The van der Waals surface area contributed by atoms with Gasteiger partial charge in [-0.2, -0.15) is 0 Å². The molecule has 178 valence electrons. The fourth-order valence-corrected chi connectivity index (χ4v) is 6.63. The summed E-state index contributed by atoms with van der Waals surface area (Å²) in [5.74, 6) is -2.82. The highest BCUT2D eigenvalue weighted by Crippen LogP contribution is 2.54. The van der Waals surface area contributed by atoms with Gasteiger partial charge in [0.15, 0.2) is 0 Å². The summed E-state index contributed by atoms with van der Waals surface area (Å²) in [5, 5.41) is 12.9. The minimum absolute atomic E-state index is 0.101. The molecule has 1 aromatic rings. The van der Waals surface area contributed by atoms with Gasteiger partial charge in [0, 0.05) is 18.3 Å². The lowest BCUT2D eigenvalue weighted by molar-refractivity contribution is -0.175. The van der Waals surface area contributed by atoms with E-state index in [4.69, 9.17) is 4.74 Å². The van der Waals surface area contributed by atoms with Crippen LogP contribution in [0.15, 0.2) is 30.3 Å². The van der Waals surface area contributed by atoms with E-state index in [9.17, 15) is 24.3 Å². The molecule has 9 nitrogen and oxygen atoms in total. The van der Waals surface area contributed by atoms with E-state index in [1.807, 2.05) is 44.2 Å². The molecule has 3 aliphatic rings. The van der Waals surface area contributed by atoms with Crippen LogP contribution >= 0.6 is 11.8 Å². The fraction of sp³-hybridized carbons (Fsp3) is 0.565. The van der Waals surface area contributed by atoms with Crippen LogP contribution in [0.25, 0.3) is 0 Å². The Bertz CT molecular complexity index is 955. The molecule has 3 aliphatic heterocycles. The van der Waals surface area contributed by atoms with Gasteiger partial charge >= 0.3 is 5.97 Å². The van der Waals surface area contributed by atoms with E-state index in [0.29, 0.717) is 19.4 Å². The zero-order valence-corrected chi connectivity index (χ0v) is 19.7. The number of benzene rings is 1. The van der Waals surface area contributed by atoms with Crippen LogP contribution in [0.3, 0.4) is 0 Å². The second-order valence-electron chi connectivity index (χ2n) is 9.13. The summed E-state index contributed by atoms with van der Waals surface area (Å²) in [6.07, 6.45) is -0.392. The Morgan fingerprint density at radius 3 is 2.64 bits per heavy atom. The van der Waals surface area contributed by atoms with Crippen molar-refractivity contribution in [1.29, 1.82) is 0 Å². The van der Waals surface area contributed by atoms with Crippen LogP contribution in [0.5, 0.6) is 0 Å². The Kier molecular flexibility index (Phi) is 6.41. The van der Waals surface area contributed by atoms with Crippen LogP contribution in [0.1, 0.15) is 32.3 Å². The van der Waals surface area contributed by atoms with E-state index in [1.54, 1.807) is 0 Å². The third kappa shape index (κ3) is 4.10. The number of esters is 1. The molecule has 0 saturated carbocycles. The average Bonchev–Trinajstić information content (AvgIpc) is 3.38. The highest BCUT2D eigenvalue weighted by molar-refractivity contribution is 8.01. The van der Waals surface area contributed by atoms with Crippen molar-refractivity contribution in [2.24, 2.45) is 5.92 Å². The molecular formula is C23H29N3O6S. The lowest BCUT2D eigenvalue weighted by Gasteiger charge is -2.45. The lowest BCUT2D eigenvalue weighted by Crippen LogP contribution is -2.67. The van der Waals surface area contributed by atoms with Gasteiger partial charge in [-0.3, -0.25) is 14.4 Å². The highest BCUT2D eigenvalue weighted by atomic mass is 32.2. The third-order valence-electron chi connectivity index (χ3n) is 6.61. The van der Waals surface area contributed by atoms with Crippen molar-refractivity contribution in [3.05, 3.63) is 35.9 Å². The number of aliphatic hydroxyl groups is 1. The Balaban J connectivity index is 1.45. The van der Waals surface area contributed by atoms with Gasteiger partial charge in [0.1, 0.15) is 30.7 Å². The van der Waals surface area contributed by atoms with Crippen LogP contribution in [0, 0.1) is 5.92 Å². The largest absolute Gasteiger partial charge is 0.459 e. The number of carbonyl (C=O) groups is 4. The molecular weight excluding hydrogens is 446 g/mol. The molecule has 0 bridgehead atoms. The van der Waals surface area contributed by atoms with Gasteiger partial charge in [-0.05, 0) is 32.3 Å². The van der Waals surface area contributed by atoms with Gasteiger partial charge in [0.05, 0.1) is 5.37 Å². The van der Waals surface area contributed by atoms with Crippen molar-refractivity contribution >= 4 is 35.5 Å². The molecule has 3 amide bonds. The summed E-state index contributed by atoms with van der Waals surface area (Å²) < 4.78 is 4.85. The van der Waals surface area contributed by atoms with E-state index in [2.05, 4.69) is 5.32 Å². The maximum absolute atomic E-state index is 13.0. The second kappa shape index (κ2) is 8.98. The molecule has 0 radical (unpaired) electrons. The van der Waals surface area contributed by atoms with Gasteiger partial charge < -0.3 is 25.0 Å². The van der Waals surface area contributed by atoms with Crippen LogP contribution in [0.4, 0.5) is 0 Å². The summed E-state index contributed by atoms with van der Waals surface area (Å²) in [4.78, 5) is 53.9. The molecule has 4 rings (SSSR count). The number of likely N-dealkylation sites (N-methyl/N-ethyl adjacent to an activating group) is 1.